The molecule has 0 heterocycles. The number of rotatable bonds is 12. The predicted octanol–water partition coefficient (Wildman–Crippen LogP) is 16.0. The third-order valence-electron chi connectivity index (χ3n) is 13.7. The van der Waals surface area contributed by atoms with E-state index in [2.05, 4.69) is 145 Å². The zero-order valence-electron chi connectivity index (χ0n) is 33.3. The SMILES string of the molecule is CCCC(C)C1=Cc2c(-c3ccc(C4CCCCC4)cc3)cccc2[CH]1[Zr]([Cl])([Cl])([CH]1C(C)=Cc2c(-c3ccc(C(C)CCC)cc3)cccc21)[SiH](C)C. The fourth-order valence-corrected chi connectivity index (χ4v) is 42.7. The molecule has 4 atom stereocenters. The van der Waals surface area contributed by atoms with Crippen LogP contribution in [0.3, 0.4) is 0 Å². The van der Waals surface area contributed by atoms with E-state index in [0.717, 1.165) is 12.8 Å². The van der Waals surface area contributed by atoms with Crippen LogP contribution in [0, 0.1) is 5.92 Å². The van der Waals surface area contributed by atoms with Crippen molar-refractivity contribution < 1.29 is 15.6 Å². The Hall–Kier alpha value is -1.96. The molecule has 0 radical (unpaired) electrons. The zero-order valence-corrected chi connectivity index (χ0v) is 38.4. The molecule has 0 N–H and O–H groups in total. The molecule has 0 aliphatic heterocycles. The Balaban J connectivity index is 1.34. The van der Waals surface area contributed by atoms with Gasteiger partial charge in [-0.25, -0.2) is 0 Å². The Morgan fingerprint density at radius 2 is 1.19 bits per heavy atom. The van der Waals surface area contributed by atoms with Crippen molar-refractivity contribution in [3.05, 3.63) is 129 Å². The molecule has 3 aliphatic carbocycles. The summed E-state index contributed by atoms with van der Waals surface area (Å²) in [5, 5.41) is 0. The molecule has 4 unspecified atom stereocenters. The van der Waals surface area contributed by atoms with Crippen molar-refractivity contribution in [2.45, 2.75) is 125 Å². The van der Waals surface area contributed by atoms with Gasteiger partial charge in [0.05, 0.1) is 0 Å². The average molecular weight is 840 g/mol. The number of hydrogen-bond donors (Lipinski definition) is 0. The molecule has 0 spiro atoms. The Bertz CT molecular complexity index is 2000. The first-order valence-corrected chi connectivity index (χ1v) is 37.2. The Morgan fingerprint density at radius 1 is 0.660 bits per heavy atom. The second kappa shape index (κ2) is 15.9. The van der Waals surface area contributed by atoms with E-state index in [9.17, 15) is 0 Å². The summed E-state index contributed by atoms with van der Waals surface area (Å²) in [5.41, 5.74) is 16.5. The zero-order chi connectivity index (χ0) is 37.5. The maximum atomic E-state index is 8.78. The van der Waals surface area contributed by atoms with E-state index in [4.69, 9.17) is 17.0 Å². The molecule has 4 aromatic carbocycles. The molecular weight excluding hydrogens is 779 g/mol. The number of fused-ring (bicyclic) bond motifs is 2. The summed E-state index contributed by atoms with van der Waals surface area (Å²) in [7, 11) is 17.6. The van der Waals surface area contributed by atoms with Crippen molar-refractivity contribution in [2.24, 2.45) is 5.92 Å². The van der Waals surface area contributed by atoms with Gasteiger partial charge in [-0.3, -0.25) is 0 Å². The van der Waals surface area contributed by atoms with Gasteiger partial charge in [0.15, 0.2) is 0 Å². The van der Waals surface area contributed by atoms with Crippen molar-refractivity contribution in [2.75, 3.05) is 0 Å². The van der Waals surface area contributed by atoms with Gasteiger partial charge in [-0.15, -0.1) is 0 Å². The summed E-state index contributed by atoms with van der Waals surface area (Å²) >= 11 is -4.86. The average Bonchev–Trinajstić information content (AvgIpc) is 3.75. The van der Waals surface area contributed by atoms with Crippen LogP contribution in [0.5, 0.6) is 0 Å². The molecule has 0 aromatic heterocycles. The van der Waals surface area contributed by atoms with Gasteiger partial charge < -0.3 is 0 Å². The molecule has 0 nitrogen and oxygen atoms in total. The minimum atomic E-state index is -4.86. The van der Waals surface area contributed by atoms with E-state index < -0.39 is 21.5 Å². The molecule has 0 bridgehead atoms. The first kappa shape index (κ1) is 39.3. The maximum absolute atomic E-state index is 8.78. The third kappa shape index (κ3) is 7.04. The molecule has 1 saturated carbocycles. The van der Waals surface area contributed by atoms with Crippen LogP contribution in [0.15, 0.2) is 96.1 Å². The standard InChI is InChI=1S/C26H31.C21H23.C2H7Si.2ClH.Zr/c1-3-8-19(2)24-17-23-11-7-12-25(26(23)18-24)22-15-13-21(14-16-22)20-9-5-4-6-10-20;1-4-6-16(3)17-9-11-18(12-10-17)20-8-5-7-19-13-15(2)14-21(19)20;1-3-2;;;/h7,11-20H,3-6,8-10H2,1-2H3;5,7-14,16H,4,6H2,1-3H3;3H,1-2H3;2*1H;/q;;;;;+2/p-2. The van der Waals surface area contributed by atoms with E-state index in [1.165, 1.54) is 112 Å². The van der Waals surface area contributed by atoms with Crippen LogP contribution in [0.25, 0.3) is 34.4 Å². The molecule has 1 fully saturated rings. The monoisotopic (exact) mass is 837 g/mol. The van der Waals surface area contributed by atoms with Gasteiger partial charge in [0.1, 0.15) is 0 Å². The number of hydrogen-bond acceptors (Lipinski definition) is 0. The summed E-state index contributed by atoms with van der Waals surface area (Å²) in [6.07, 6.45) is 16.5. The summed E-state index contributed by atoms with van der Waals surface area (Å²) in [6.45, 7) is 16.7. The fraction of sp³-hybridized carbons (Fsp3) is 0.429. The van der Waals surface area contributed by atoms with Gasteiger partial charge in [0, 0.05) is 0 Å². The van der Waals surface area contributed by atoms with Crippen molar-refractivity contribution >= 4 is 35.1 Å². The van der Waals surface area contributed by atoms with Gasteiger partial charge in [-0.2, -0.15) is 0 Å². The van der Waals surface area contributed by atoms with E-state index in [1.54, 1.807) is 0 Å². The summed E-state index contributed by atoms with van der Waals surface area (Å²) < 4.78 is 0.198. The van der Waals surface area contributed by atoms with Gasteiger partial charge in [-0.1, -0.05) is 0 Å². The first-order chi connectivity index (χ1) is 25.5. The second-order valence-electron chi connectivity index (χ2n) is 17.4. The van der Waals surface area contributed by atoms with Crippen molar-refractivity contribution in [3.8, 4) is 22.3 Å². The normalized spacial score (nSPS) is 20.7. The third-order valence-corrected chi connectivity index (χ3v) is 65.6. The van der Waals surface area contributed by atoms with Gasteiger partial charge >= 0.3 is 333 Å². The van der Waals surface area contributed by atoms with Crippen LogP contribution in [0.1, 0.15) is 145 Å². The molecule has 4 heteroatoms. The summed E-state index contributed by atoms with van der Waals surface area (Å²) in [4.78, 5) is 0. The van der Waals surface area contributed by atoms with Crippen molar-refractivity contribution in [3.63, 3.8) is 0 Å². The number of allylic oxidation sites excluding steroid dienone is 2. The molecule has 0 amide bonds. The topological polar surface area (TPSA) is 0 Å². The molecule has 4 aromatic rings. The van der Waals surface area contributed by atoms with Crippen LogP contribution < -0.4 is 0 Å². The molecule has 53 heavy (non-hydrogen) atoms. The van der Waals surface area contributed by atoms with Gasteiger partial charge in [0.2, 0.25) is 0 Å². The quantitative estimate of drug-likeness (QED) is 0.125. The number of halogens is 2. The van der Waals surface area contributed by atoms with Crippen LogP contribution in [0.2, 0.25) is 13.1 Å². The summed E-state index contributed by atoms with van der Waals surface area (Å²) in [6, 6.07) is 32.9. The molecule has 7 rings (SSSR count). The van der Waals surface area contributed by atoms with E-state index >= 15 is 0 Å². The van der Waals surface area contributed by atoms with E-state index in [-0.39, 0.29) is 7.25 Å². The van der Waals surface area contributed by atoms with Crippen LogP contribution in [-0.2, 0) is 15.6 Å². The fourth-order valence-electron chi connectivity index (χ4n) is 10.7. The van der Waals surface area contributed by atoms with Gasteiger partial charge in [-0.05, 0) is 0 Å². The molecule has 3 aliphatic rings. The molecular formula is C49H61Cl2SiZr. The second-order valence-corrected chi connectivity index (χ2v) is 59.9. The number of benzene rings is 4. The van der Waals surface area contributed by atoms with Crippen LogP contribution in [-0.4, -0.2) is 5.92 Å². The minimum absolute atomic E-state index is 0.0943. The van der Waals surface area contributed by atoms with Gasteiger partial charge in [0.25, 0.3) is 0 Å². The summed E-state index contributed by atoms with van der Waals surface area (Å²) in [5.74, 6) is 0.0604. The van der Waals surface area contributed by atoms with Crippen molar-refractivity contribution in [1.29, 1.82) is 0 Å². The predicted molar refractivity (Wildman–Crippen MR) is 235 cm³/mol. The van der Waals surface area contributed by atoms with Crippen molar-refractivity contribution in [1.82, 2.24) is 0 Å². The van der Waals surface area contributed by atoms with Crippen LogP contribution >= 0.6 is 17.0 Å². The van der Waals surface area contributed by atoms with E-state index in [0.29, 0.717) is 17.8 Å². The Morgan fingerprint density at radius 3 is 1.75 bits per heavy atom. The molecule has 0 saturated heterocycles. The van der Waals surface area contributed by atoms with Crippen LogP contribution in [0.4, 0.5) is 0 Å². The Kier molecular flexibility index (Phi) is 11.8. The van der Waals surface area contributed by atoms with E-state index in [1.807, 2.05) is 0 Å². The Labute approximate surface area is 330 Å². The molecule has 279 valence electrons. The first-order valence-electron chi connectivity index (χ1n) is 20.9.